The molecule has 5 amide bonds. The standard InChI is InChI=1S/C38H34N4O6/c43-34(23-41-35(44)28-11-4-5-12-29(28)36(41)45)42-31-16-8-13-30(31)37(46)40(32-14-6-7-15-33(32)42)22-21-25-17-19-27(20-18-25)39-38(47)48-24-26-9-2-1-3-10-26/h1-7,9-12,14-15,17-20,30-31H,8,13,16,21-24H2,(H,39,47). The Bertz CT molecular complexity index is 1860. The third-order valence-corrected chi connectivity index (χ3v) is 9.30. The van der Waals surface area contributed by atoms with Gasteiger partial charge in [0.2, 0.25) is 11.8 Å². The molecule has 1 aliphatic carbocycles. The van der Waals surface area contributed by atoms with Crippen molar-refractivity contribution in [2.75, 3.05) is 28.2 Å². The number of nitrogens with one attached hydrogen (secondary N) is 1. The van der Waals surface area contributed by atoms with Gasteiger partial charge in [-0.15, -0.1) is 0 Å². The summed E-state index contributed by atoms with van der Waals surface area (Å²) in [6.45, 7) is 0.146. The summed E-state index contributed by atoms with van der Waals surface area (Å²) in [6, 6.07) is 30.4. The van der Waals surface area contributed by atoms with E-state index in [9.17, 15) is 24.0 Å². The summed E-state index contributed by atoms with van der Waals surface area (Å²) in [5.74, 6) is -1.82. The molecule has 0 saturated heterocycles. The zero-order valence-corrected chi connectivity index (χ0v) is 26.2. The van der Waals surface area contributed by atoms with Gasteiger partial charge in [0.15, 0.2) is 0 Å². The predicted octanol–water partition coefficient (Wildman–Crippen LogP) is 5.82. The highest BCUT2D eigenvalue weighted by Gasteiger charge is 2.46. The third kappa shape index (κ3) is 5.92. The highest BCUT2D eigenvalue weighted by Crippen LogP contribution is 2.43. The van der Waals surface area contributed by atoms with E-state index in [4.69, 9.17) is 4.74 Å². The number of hydrogen-bond acceptors (Lipinski definition) is 6. The first-order valence-electron chi connectivity index (χ1n) is 16.1. The lowest BCUT2D eigenvalue weighted by molar-refractivity contribution is -0.123. The average molecular weight is 643 g/mol. The van der Waals surface area contributed by atoms with E-state index in [1.165, 1.54) is 0 Å². The monoisotopic (exact) mass is 642 g/mol. The molecule has 242 valence electrons. The topological polar surface area (TPSA) is 116 Å². The predicted molar refractivity (Wildman–Crippen MR) is 180 cm³/mol. The Hall–Kier alpha value is -5.77. The van der Waals surface area contributed by atoms with Gasteiger partial charge >= 0.3 is 6.09 Å². The normalized spacial score (nSPS) is 18.2. The van der Waals surface area contributed by atoms with Crippen molar-refractivity contribution >= 4 is 46.8 Å². The molecule has 2 unspecified atom stereocenters. The van der Waals surface area contributed by atoms with E-state index in [0.29, 0.717) is 54.0 Å². The van der Waals surface area contributed by atoms with Crippen molar-refractivity contribution < 1.29 is 28.7 Å². The second-order valence-electron chi connectivity index (χ2n) is 12.2. The molecule has 0 radical (unpaired) electrons. The number of hydrogen-bond donors (Lipinski definition) is 1. The van der Waals surface area contributed by atoms with Gasteiger partial charge in [0.25, 0.3) is 11.8 Å². The van der Waals surface area contributed by atoms with Crippen LogP contribution in [0.25, 0.3) is 0 Å². The number of amides is 5. The lowest BCUT2D eigenvalue weighted by atomic mass is 10.0. The number of imide groups is 1. The van der Waals surface area contributed by atoms with Crippen molar-refractivity contribution in [3.63, 3.8) is 0 Å². The van der Waals surface area contributed by atoms with E-state index >= 15 is 0 Å². The molecule has 1 N–H and O–H groups in total. The van der Waals surface area contributed by atoms with E-state index in [-0.39, 0.29) is 18.6 Å². The number of carbonyl (C=O) groups excluding carboxylic acids is 5. The molecule has 0 bridgehead atoms. The number of anilines is 3. The SMILES string of the molecule is O=C(Nc1ccc(CCN2C(=O)C3CCCC3N(C(=O)CN3C(=O)c4ccccc4C3=O)c3ccccc32)cc1)OCc1ccccc1. The van der Waals surface area contributed by atoms with E-state index in [0.717, 1.165) is 22.4 Å². The Morgan fingerprint density at radius 1 is 0.708 bits per heavy atom. The summed E-state index contributed by atoms with van der Waals surface area (Å²) in [5, 5.41) is 2.74. The molecule has 0 aromatic heterocycles. The summed E-state index contributed by atoms with van der Waals surface area (Å²) >= 11 is 0. The van der Waals surface area contributed by atoms with Crippen LogP contribution < -0.4 is 15.1 Å². The Kier molecular flexibility index (Phi) is 8.46. The van der Waals surface area contributed by atoms with Gasteiger partial charge in [0.1, 0.15) is 13.2 Å². The summed E-state index contributed by atoms with van der Waals surface area (Å²) in [5.41, 5.74) is 4.24. The van der Waals surface area contributed by atoms with Crippen molar-refractivity contribution in [2.45, 2.75) is 38.3 Å². The van der Waals surface area contributed by atoms with Gasteiger partial charge in [-0.05, 0) is 66.8 Å². The van der Waals surface area contributed by atoms with Crippen molar-refractivity contribution in [2.24, 2.45) is 5.92 Å². The third-order valence-electron chi connectivity index (χ3n) is 9.30. The first kappa shape index (κ1) is 30.9. The molecule has 10 nitrogen and oxygen atoms in total. The molecule has 48 heavy (non-hydrogen) atoms. The highest BCUT2D eigenvalue weighted by molar-refractivity contribution is 6.23. The van der Waals surface area contributed by atoms with Crippen LogP contribution in [0.4, 0.5) is 21.9 Å². The van der Waals surface area contributed by atoms with Crippen LogP contribution >= 0.6 is 0 Å². The van der Waals surface area contributed by atoms with Gasteiger partial charge in [0, 0.05) is 18.3 Å². The fourth-order valence-electron chi connectivity index (χ4n) is 6.95. The first-order valence-corrected chi connectivity index (χ1v) is 16.1. The number of rotatable bonds is 8. The van der Waals surface area contributed by atoms with Crippen LogP contribution in [-0.4, -0.2) is 53.8 Å². The maximum atomic E-state index is 14.1. The number of nitrogens with zero attached hydrogens (tertiary/aromatic N) is 3. The zero-order valence-electron chi connectivity index (χ0n) is 26.2. The molecule has 10 heteroatoms. The van der Waals surface area contributed by atoms with Crippen LogP contribution in [0.3, 0.4) is 0 Å². The van der Waals surface area contributed by atoms with Gasteiger partial charge in [-0.2, -0.15) is 0 Å². The van der Waals surface area contributed by atoms with Crippen LogP contribution in [0.5, 0.6) is 0 Å². The molecule has 3 aliphatic rings. The van der Waals surface area contributed by atoms with Crippen molar-refractivity contribution in [1.29, 1.82) is 0 Å². The van der Waals surface area contributed by atoms with E-state index < -0.39 is 36.3 Å². The number of ether oxygens (including phenoxy) is 1. The van der Waals surface area contributed by atoms with Gasteiger partial charge in [-0.3, -0.25) is 29.4 Å². The minimum absolute atomic E-state index is 0.0413. The summed E-state index contributed by atoms with van der Waals surface area (Å²) in [6.07, 6.45) is 2.07. The van der Waals surface area contributed by atoms with Crippen LogP contribution in [0.15, 0.2) is 103 Å². The largest absolute Gasteiger partial charge is 0.444 e. The molecule has 2 heterocycles. The maximum Gasteiger partial charge on any atom is 0.411 e. The Morgan fingerprint density at radius 2 is 1.35 bits per heavy atom. The van der Waals surface area contributed by atoms with Crippen molar-refractivity contribution in [1.82, 2.24) is 4.90 Å². The van der Waals surface area contributed by atoms with Crippen LogP contribution in [0.2, 0.25) is 0 Å². The summed E-state index contributed by atoms with van der Waals surface area (Å²) < 4.78 is 5.31. The van der Waals surface area contributed by atoms with Gasteiger partial charge in [-0.1, -0.05) is 73.2 Å². The first-order chi connectivity index (χ1) is 23.4. The lowest BCUT2D eigenvalue weighted by Gasteiger charge is -2.31. The number of carbonyl (C=O) groups is 5. The van der Waals surface area contributed by atoms with Gasteiger partial charge in [-0.25, -0.2) is 4.79 Å². The van der Waals surface area contributed by atoms with Crippen molar-refractivity contribution in [3.8, 4) is 0 Å². The Labute approximate surface area is 277 Å². The molecule has 0 spiro atoms. The molecule has 2 atom stereocenters. The fraction of sp³-hybridized carbons (Fsp3) is 0.237. The second kappa shape index (κ2) is 13.2. The van der Waals surface area contributed by atoms with E-state index in [2.05, 4.69) is 5.32 Å². The number of benzene rings is 4. The second-order valence-corrected chi connectivity index (χ2v) is 12.2. The molecule has 1 saturated carbocycles. The molecule has 4 aromatic carbocycles. The number of para-hydroxylation sites is 2. The van der Waals surface area contributed by atoms with Crippen LogP contribution in [-0.2, 0) is 27.4 Å². The van der Waals surface area contributed by atoms with Gasteiger partial charge in [0.05, 0.1) is 28.4 Å². The minimum Gasteiger partial charge on any atom is -0.444 e. The molecular weight excluding hydrogens is 608 g/mol. The number of fused-ring (bicyclic) bond motifs is 3. The zero-order chi connectivity index (χ0) is 33.2. The summed E-state index contributed by atoms with van der Waals surface area (Å²) in [4.78, 5) is 71.1. The fourth-order valence-corrected chi connectivity index (χ4v) is 6.95. The van der Waals surface area contributed by atoms with E-state index in [1.807, 2.05) is 66.7 Å². The minimum atomic E-state index is -0.549. The van der Waals surface area contributed by atoms with Crippen LogP contribution in [0, 0.1) is 5.92 Å². The van der Waals surface area contributed by atoms with E-state index in [1.54, 1.807) is 46.2 Å². The quantitative estimate of drug-likeness (QED) is 0.242. The maximum absolute atomic E-state index is 14.1. The lowest BCUT2D eigenvalue weighted by Crippen LogP contribution is -2.49. The highest BCUT2D eigenvalue weighted by atomic mass is 16.5. The van der Waals surface area contributed by atoms with Crippen LogP contribution in [0.1, 0.15) is 51.1 Å². The average Bonchev–Trinajstić information content (AvgIpc) is 3.66. The smallest absolute Gasteiger partial charge is 0.411 e. The molecule has 4 aromatic rings. The summed E-state index contributed by atoms with van der Waals surface area (Å²) in [7, 11) is 0. The Morgan fingerprint density at radius 3 is 2.06 bits per heavy atom. The van der Waals surface area contributed by atoms with Gasteiger partial charge < -0.3 is 14.5 Å². The molecule has 2 aliphatic heterocycles. The molecule has 1 fully saturated rings. The molecular formula is C38H34N4O6. The molecule has 7 rings (SSSR count). The Balaban J connectivity index is 1.06. The van der Waals surface area contributed by atoms with Crippen molar-refractivity contribution in [3.05, 3.63) is 125 Å².